The van der Waals surface area contributed by atoms with E-state index in [-0.39, 0.29) is 6.61 Å². The molecular weight excluding hydrogens is 334 g/mol. The Kier molecular flexibility index (Phi) is 5.33. The van der Waals surface area contributed by atoms with Crippen LogP contribution in [0.15, 0.2) is 23.2 Å². The summed E-state index contributed by atoms with van der Waals surface area (Å²) in [6, 6.07) is 9.65. The minimum Gasteiger partial charge on any atom is -0.493 e. The van der Waals surface area contributed by atoms with Crippen LogP contribution in [0.5, 0.6) is 11.5 Å². The van der Waals surface area contributed by atoms with Crippen LogP contribution in [-0.4, -0.2) is 19.9 Å². The summed E-state index contributed by atoms with van der Waals surface area (Å²) in [5.74, 6) is 1.07. The number of hydrogen-bond donors (Lipinski definition) is 0. The van der Waals surface area contributed by atoms with Crippen LogP contribution in [0.4, 0.5) is 5.00 Å². The number of thiophene rings is 1. The van der Waals surface area contributed by atoms with Gasteiger partial charge < -0.3 is 9.47 Å². The molecule has 1 aliphatic carbocycles. The molecule has 0 N–H and O–H groups in total. The molecule has 3 rings (SSSR count). The number of aliphatic imine (C=N–C) groups is 1. The van der Waals surface area contributed by atoms with Gasteiger partial charge in [0.25, 0.3) is 0 Å². The second kappa shape index (κ2) is 7.83. The first-order valence-corrected chi connectivity index (χ1v) is 8.85. The molecule has 1 aliphatic rings. The largest absolute Gasteiger partial charge is 0.493 e. The van der Waals surface area contributed by atoms with Crippen molar-refractivity contribution >= 4 is 22.6 Å². The fourth-order valence-electron chi connectivity index (χ4n) is 2.88. The summed E-state index contributed by atoms with van der Waals surface area (Å²) in [6.07, 6.45) is 6.08. The molecule has 126 valence electrons. The monoisotopic (exact) mass is 351 g/mol. The van der Waals surface area contributed by atoms with E-state index in [2.05, 4.69) is 11.1 Å². The predicted molar refractivity (Wildman–Crippen MR) is 97.0 cm³/mol. The molecule has 5 nitrogen and oxygen atoms in total. The third-order valence-electron chi connectivity index (χ3n) is 4.08. The van der Waals surface area contributed by atoms with Crippen LogP contribution in [-0.2, 0) is 12.8 Å². The molecule has 0 saturated carbocycles. The molecule has 0 atom stereocenters. The number of nitrogens with zero attached hydrogens (tertiary/aromatic N) is 3. The molecule has 0 bridgehead atoms. The number of benzene rings is 1. The fraction of sp³-hybridized carbons (Fsp3) is 0.316. The zero-order chi connectivity index (χ0) is 17.6. The van der Waals surface area contributed by atoms with Crippen LogP contribution in [0.25, 0.3) is 0 Å². The molecule has 25 heavy (non-hydrogen) atoms. The summed E-state index contributed by atoms with van der Waals surface area (Å²) in [5.41, 5.74) is 2.75. The molecule has 6 heteroatoms. The lowest BCUT2D eigenvalue weighted by Gasteiger charge is -2.09. The maximum atomic E-state index is 9.48. The highest BCUT2D eigenvalue weighted by Gasteiger charge is 2.20. The molecule has 0 unspecified atom stereocenters. The average Bonchev–Trinajstić information content (AvgIpc) is 3.02. The van der Waals surface area contributed by atoms with Crippen LogP contribution in [0, 0.1) is 22.7 Å². The first-order valence-electron chi connectivity index (χ1n) is 8.03. The van der Waals surface area contributed by atoms with Gasteiger partial charge in [0.05, 0.1) is 12.7 Å². The highest BCUT2D eigenvalue weighted by Crippen LogP contribution is 2.39. The van der Waals surface area contributed by atoms with Crippen molar-refractivity contribution in [1.82, 2.24) is 0 Å². The zero-order valence-corrected chi connectivity index (χ0v) is 14.7. The van der Waals surface area contributed by atoms with Crippen LogP contribution in [0.1, 0.15) is 34.4 Å². The molecule has 0 spiro atoms. The molecule has 0 saturated heterocycles. The highest BCUT2D eigenvalue weighted by molar-refractivity contribution is 7.16. The summed E-state index contributed by atoms with van der Waals surface area (Å²) >= 11 is 1.62. The van der Waals surface area contributed by atoms with Gasteiger partial charge in [-0.15, -0.1) is 11.3 Å². The van der Waals surface area contributed by atoms with E-state index in [1.165, 1.54) is 16.9 Å². The van der Waals surface area contributed by atoms with Crippen molar-refractivity contribution in [3.05, 3.63) is 39.8 Å². The minimum absolute atomic E-state index is 0.0317. The first kappa shape index (κ1) is 17.0. The van der Waals surface area contributed by atoms with Crippen molar-refractivity contribution in [2.24, 2.45) is 4.99 Å². The van der Waals surface area contributed by atoms with Gasteiger partial charge in [-0.25, -0.2) is 4.99 Å². The summed E-state index contributed by atoms with van der Waals surface area (Å²) in [4.78, 5) is 5.84. The molecule has 1 aromatic heterocycles. The summed E-state index contributed by atoms with van der Waals surface area (Å²) < 4.78 is 10.6. The van der Waals surface area contributed by atoms with Gasteiger partial charge in [-0.2, -0.15) is 10.5 Å². The van der Waals surface area contributed by atoms with Gasteiger partial charge in [-0.05, 0) is 55.0 Å². The van der Waals surface area contributed by atoms with E-state index in [0.717, 1.165) is 35.4 Å². The quantitative estimate of drug-likeness (QED) is 0.758. The smallest absolute Gasteiger partial charge is 0.174 e. The minimum atomic E-state index is -0.0317. The summed E-state index contributed by atoms with van der Waals surface area (Å²) in [5, 5.41) is 18.9. The fourth-order valence-corrected chi connectivity index (χ4v) is 4.07. The second-order valence-electron chi connectivity index (χ2n) is 5.62. The van der Waals surface area contributed by atoms with Crippen molar-refractivity contribution < 1.29 is 9.47 Å². The number of aryl methyl sites for hydroxylation is 1. The molecule has 2 aromatic rings. The van der Waals surface area contributed by atoms with Crippen LogP contribution in [0.2, 0.25) is 0 Å². The number of nitriles is 2. The van der Waals surface area contributed by atoms with Gasteiger partial charge in [0.1, 0.15) is 17.1 Å². The third-order valence-corrected chi connectivity index (χ3v) is 5.28. The Labute approximate surface area is 150 Å². The van der Waals surface area contributed by atoms with Crippen molar-refractivity contribution in [3.8, 4) is 23.6 Å². The lowest BCUT2D eigenvalue weighted by molar-refractivity contribution is 0.329. The molecule has 0 radical (unpaired) electrons. The molecule has 0 amide bonds. The summed E-state index contributed by atoms with van der Waals surface area (Å²) in [6.45, 7) is -0.0317. The van der Waals surface area contributed by atoms with E-state index in [0.29, 0.717) is 11.5 Å². The number of methoxy groups -OCH3 is 1. The molecule has 0 aliphatic heterocycles. The lowest BCUT2D eigenvalue weighted by atomic mass is 9.96. The number of ether oxygens (including phenoxy) is 2. The van der Waals surface area contributed by atoms with E-state index >= 15 is 0 Å². The lowest BCUT2D eigenvalue weighted by Crippen LogP contribution is -1.99. The third kappa shape index (κ3) is 3.65. The van der Waals surface area contributed by atoms with Gasteiger partial charge in [0, 0.05) is 11.1 Å². The van der Waals surface area contributed by atoms with Crippen molar-refractivity contribution in [3.63, 3.8) is 0 Å². The molecule has 1 heterocycles. The van der Waals surface area contributed by atoms with Crippen molar-refractivity contribution in [2.75, 3.05) is 13.7 Å². The standard InChI is InChI=1S/C19H17N3O2S/c1-23-17-10-13(6-7-16(17)24-9-8-20)12-22-19-15(11-21)14-4-2-3-5-18(14)25-19/h6-7,10,12H,2-5,9H2,1H3/b22-12+. The maximum Gasteiger partial charge on any atom is 0.174 e. The van der Waals surface area contributed by atoms with Gasteiger partial charge >= 0.3 is 0 Å². The maximum absolute atomic E-state index is 9.48. The van der Waals surface area contributed by atoms with E-state index < -0.39 is 0 Å². The SMILES string of the molecule is COc1cc(/C=N/c2sc3c(c2C#N)CCCC3)ccc1OCC#N. The van der Waals surface area contributed by atoms with Crippen molar-refractivity contribution in [2.45, 2.75) is 25.7 Å². The topological polar surface area (TPSA) is 78.4 Å². The first-order chi connectivity index (χ1) is 12.3. The summed E-state index contributed by atoms with van der Waals surface area (Å²) in [7, 11) is 1.55. The Bertz CT molecular complexity index is 887. The van der Waals surface area contributed by atoms with Gasteiger partial charge in [-0.1, -0.05) is 0 Å². The molecular formula is C19H17N3O2S. The number of fused-ring (bicyclic) bond motifs is 1. The van der Waals surface area contributed by atoms with Crippen LogP contribution in [0.3, 0.4) is 0 Å². The Hall–Kier alpha value is -2.83. The van der Waals surface area contributed by atoms with Crippen LogP contribution < -0.4 is 9.47 Å². The highest BCUT2D eigenvalue weighted by atomic mass is 32.1. The predicted octanol–water partition coefficient (Wildman–Crippen LogP) is 4.16. The van der Waals surface area contributed by atoms with E-state index in [1.807, 2.05) is 12.1 Å². The van der Waals surface area contributed by atoms with E-state index in [9.17, 15) is 5.26 Å². The van der Waals surface area contributed by atoms with Gasteiger partial charge in [-0.3, -0.25) is 0 Å². The Morgan fingerprint density at radius 2 is 2.08 bits per heavy atom. The van der Waals surface area contributed by atoms with E-state index in [1.54, 1.807) is 36.8 Å². The average molecular weight is 351 g/mol. The zero-order valence-electron chi connectivity index (χ0n) is 13.9. The number of hydrogen-bond acceptors (Lipinski definition) is 6. The van der Waals surface area contributed by atoms with Crippen molar-refractivity contribution in [1.29, 1.82) is 10.5 Å². The second-order valence-corrected chi connectivity index (χ2v) is 6.70. The Balaban J connectivity index is 1.86. The van der Waals surface area contributed by atoms with E-state index in [4.69, 9.17) is 14.7 Å². The van der Waals surface area contributed by atoms with Crippen LogP contribution >= 0.6 is 11.3 Å². The normalized spacial score (nSPS) is 13.1. The Morgan fingerprint density at radius 3 is 2.84 bits per heavy atom. The van der Waals surface area contributed by atoms with Gasteiger partial charge in [0.2, 0.25) is 0 Å². The molecule has 1 aromatic carbocycles. The molecule has 0 fully saturated rings. The Morgan fingerprint density at radius 1 is 1.24 bits per heavy atom. The number of rotatable bonds is 5. The van der Waals surface area contributed by atoms with Gasteiger partial charge in [0.15, 0.2) is 18.1 Å².